The molecule has 0 N–H and O–H groups in total. The van der Waals surface area contributed by atoms with E-state index >= 15 is 0 Å². The zero-order chi connectivity index (χ0) is 9.54. The maximum atomic E-state index is 11.9. The molecule has 1 aromatic carbocycles. The lowest BCUT2D eigenvalue weighted by Gasteiger charge is -2.26. The van der Waals surface area contributed by atoms with Crippen LogP contribution in [0.4, 0.5) is 0 Å². The van der Waals surface area contributed by atoms with E-state index in [1.165, 1.54) is 0 Å². The smallest absolute Gasteiger partial charge is 0.178 e. The topological polar surface area (TPSA) is 26.3 Å². The number of Topliss-reactive ketones (excluding diaryl/α,β-unsaturated/α-hetero) is 1. The Kier molecular flexibility index (Phi) is 1.41. The Bertz CT molecular complexity index is 467. The summed E-state index contributed by atoms with van der Waals surface area (Å²) >= 11 is 0. The third kappa shape index (κ3) is 0.889. The minimum absolute atomic E-state index is 0.137. The van der Waals surface area contributed by atoms with Crippen LogP contribution in [0.15, 0.2) is 42.1 Å². The van der Waals surface area contributed by atoms with Gasteiger partial charge in [0.15, 0.2) is 5.78 Å². The van der Waals surface area contributed by atoms with Crippen molar-refractivity contribution in [3.63, 3.8) is 0 Å². The molecule has 14 heavy (non-hydrogen) atoms. The number of carbonyl (C=O) groups excluding carboxylic acids is 1. The van der Waals surface area contributed by atoms with Crippen LogP contribution in [0.1, 0.15) is 10.4 Å². The summed E-state index contributed by atoms with van der Waals surface area (Å²) in [6.07, 6.45) is 3.44. The van der Waals surface area contributed by atoms with Crippen LogP contribution in [0.25, 0.3) is 0 Å². The molecule has 2 aliphatic rings. The molecule has 0 amide bonds. The normalized spacial score (nSPS) is 27.0. The van der Waals surface area contributed by atoms with Gasteiger partial charge >= 0.3 is 0 Å². The van der Waals surface area contributed by atoms with Crippen molar-refractivity contribution in [1.82, 2.24) is 0 Å². The first-order chi connectivity index (χ1) is 6.86. The fourth-order valence-electron chi connectivity index (χ4n) is 1.88. The second-order valence-electron chi connectivity index (χ2n) is 3.47. The Hall–Kier alpha value is -1.79. The van der Waals surface area contributed by atoms with E-state index in [1.807, 2.05) is 18.2 Å². The monoisotopic (exact) mass is 184 g/mol. The Labute approximate surface area is 81.5 Å². The molecule has 2 atom stereocenters. The van der Waals surface area contributed by atoms with Gasteiger partial charge in [-0.25, -0.2) is 0 Å². The van der Waals surface area contributed by atoms with Crippen molar-refractivity contribution in [2.45, 2.75) is 6.10 Å². The lowest BCUT2D eigenvalue weighted by atomic mass is 9.92. The minimum atomic E-state index is -0.162. The van der Waals surface area contributed by atoms with Gasteiger partial charge in [-0.1, -0.05) is 12.1 Å². The number of para-hydroxylation sites is 1. The van der Waals surface area contributed by atoms with Gasteiger partial charge in [-0.05, 0) is 24.3 Å². The van der Waals surface area contributed by atoms with Gasteiger partial charge in [0.25, 0.3) is 0 Å². The Balaban J connectivity index is 2.14. The molecule has 0 saturated carbocycles. The number of carbonyl (C=O) groups is 1. The van der Waals surface area contributed by atoms with Crippen molar-refractivity contribution in [1.29, 1.82) is 0 Å². The van der Waals surface area contributed by atoms with Crippen molar-refractivity contribution in [2.75, 3.05) is 0 Å². The third-order valence-corrected chi connectivity index (χ3v) is 2.61. The van der Waals surface area contributed by atoms with E-state index in [1.54, 1.807) is 18.2 Å². The summed E-state index contributed by atoms with van der Waals surface area (Å²) in [5, 5.41) is 0. The van der Waals surface area contributed by atoms with Crippen LogP contribution >= 0.6 is 0 Å². The van der Waals surface area contributed by atoms with Gasteiger partial charge in [0, 0.05) is 0 Å². The van der Waals surface area contributed by atoms with E-state index in [9.17, 15) is 4.79 Å². The van der Waals surface area contributed by atoms with Crippen molar-refractivity contribution >= 4 is 5.78 Å². The summed E-state index contributed by atoms with van der Waals surface area (Å²) in [4.78, 5) is 11.9. The molecule has 0 aromatic heterocycles. The highest BCUT2D eigenvalue weighted by molar-refractivity contribution is 6.03. The quantitative estimate of drug-likeness (QED) is 0.576. The summed E-state index contributed by atoms with van der Waals surface area (Å²) in [6.45, 7) is 0. The zero-order valence-electron chi connectivity index (χ0n) is 7.44. The number of hydrogen-bond donors (Lipinski definition) is 0. The Morgan fingerprint density at radius 2 is 2.07 bits per heavy atom. The average molecular weight is 184 g/mol. The maximum absolute atomic E-state index is 11.9. The predicted molar refractivity (Wildman–Crippen MR) is 51.3 cm³/mol. The van der Waals surface area contributed by atoms with Gasteiger partial charge in [-0.2, -0.15) is 0 Å². The molecule has 1 heterocycles. The Morgan fingerprint density at radius 3 is 3.00 bits per heavy atom. The highest BCUT2D eigenvalue weighted by Crippen LogP contribution is 2.33. The fourth-order valence-corrected chi connectivity index (χ4v) is 1.88. The van der Waals surface area contributed by atoms with E-state index in [2.05, 4.69) is 5.73 Å². The Morgan fingerprint density at radius 1 is 1.21 bits per heavy atom. The molecule has 0 bridgehead atoms. The van der Waals surface area contributed by atoms with Crippen LogP contribution in [-0.2, 0) is 0 Å². The number of ketones is 1. The van der Waals surface area contributed by atoms with Crippen LogP contribution in [0.5, 0.6) is 5.75 Å². The van der Waals surface area contributed by atoms with Crippen LogP contribution in [-0.4, -0.2) is 11.9 Å². The predicted octanol–water partition coefficient (Wildman–Crippen LogP) is 1.97. The second-order valence-corrected chi connectivity index (χ2v) is 3.47. The second kappa shape index (κ2) is 2.60. The maximum Gasteiger partial charge on any atom is 0.178 e. The molecule has 3 rings (SSSR count). The summed E-state index contributed by atoms with van der Waals surface area (Å²) in [6, 6.07) is 7.36. The van der Waals surface area contributed by atoms with Crippen LogP contribution < -0.4 is 4.74 Å². The summed E-state index contributed by atoms with van der Waals surface area (Å²) in [5.74, 6) is 0.662. The van der Waals surface area contributed by atoms with Crippen molar-refractivity contribution in [3.8, 4) is 5.75 Å². The molecule has 1 aliphatic heterocycles. The van der Waals surface area contributed by atoms with Crippen molar-refractivity contribution in [3.05, 3.63) is 47.7 Å². The number of benzene rings is 1. The number of fused-ring (bicyclic) bond motifs is 2. The lowest BCUT2D eigenvalue weighted by Crippen LogP contribution is -2.33. The van der Waals surface area contributed by atoms with Crippen LogP contribution in [0.2, 0.25) is 0 Å². The summed E-state index contributed by atoms with van der Waals surface area (Å²) < 4.78 is 5.66. The summed E-state index contributed by atoms with van der Waals surface area (Å²) in [5.41, 5.74) is 3.62. The van der Waals surface area contributed by atoms with Crippen molar-refractivity contribution < 1.29 is 9.53 Å². The average Bonchev–Trinajstić information content (AvgIpc) is 2.66. The van der Waals surface area contributed by atoms with E-state index in [-0.39, 0.29) is 17.8 Å². The molecule has 0 fully saturated rings. The first kappa shape index (κ1) is 7.60. The largest absolute Gasteiger partial charge is 0.484 e. The highest BCUT2D eigenvalue weighted by Gasteiger charge is 2.35. The molecule has 1 aromatic rings. The standard InChI is InChI=1S/C12H8O2/c13-12-8-4-1-2-6-10(8)14-11-7-3-5-9(11)12/h1-2,4-7,9,11H. The molecule has 2 nitrogen and oxygen atoms in total. The van der Waals surface area contributed by atoms with Crippen LogP contribution in [0, 0.1) is 5.92 Å². The van der Waals surface area contributed by atoms with Gasteiger partial charge < -0.3 is 4.74 Å². The molecular formula is C12H8O2. The van der Waals surface area contributed by atoms with Crippen molar-refractivity contribution in [2.24, 2.45) is 5.92 Å². The van der Waals surface area contributed by atoms with E-state index in [0.29, 0.717) is 11.3 Å². The molecular weight excluding hydrogens is 176 g/mol. The third-order valence-electron chi connectivity index (χ3n) is 2.61. The first-order valence-corrected chi connectivity index (χ1v) is 4.59. The highest BCUT2D eigenvalue weighted by atomic mass is 16.5. The van der Waals surface area contributed by atoms with Gasteiger partial charge in [0.05, 0.1) is 11.5 Å². The number of rotatable bonds is 0. The molecule has 0 spiro atoms. The molecule has 68 valence electrons. The van der Waals surface area contributed by atoms with Gasteiger partial charge in [0.1, 0.15) is 11.9 Å². The van der Waals surface area contributed by atoms with Gasteiger partial charge in [-0.3, -0.25) is 4.79 Å². The lowest BCUT2D eigenvalue weighted by molar-refractivity contribution is 0.0817. The summed E-state index contributed by atoms with van der Waals surface area (Å²) in [7, 11) is 0. The number of hydrogen-bond acceptors (Lipinski definition) is 2. The van der Waals surface area contributed by atoms with Gasteiger partial charge in [-0.15, -0.1) is 5.73 Å². The fraction of sp³-hybridized carbons (Fsp3) is 0.167. The van der Waals surface area contributed by atoms with E-state index in [4.69, 9.17) is 4.74 Å². The zero-order valence-corrected chi connectivity index (χ0v) is 7.44. The van der Waals surface area contributed by atoms with Gasteiger partial charge in [0.2, 0.25) is 0 Å². The molecule has 0 radical (unpaired) electrons. The van der Waals surface area contributed by atoms with E-state index < -0.39 is 0 Å². The molecule has 2 unspecified atom stereocenters. The SMILES string of the molecule is O=C1c2ccccc2OC2C=C=CC12. The minimum Gasteiger partial charge on any atom is -0.484 e. The number of ether oxygens (including phenoxy) is 1. The molecule has 0 saturated heterocycles. The molecule has 1 aliphatic carbocycles. The van der Waals surface area contributed by atoms with Crippen LogP contribution in [0.3, 0.4) is 0 Å². The first-order valence-electron chi connectivity index (χ1n) is 4.59. The molecule has 2 heteroatoms. The van der Waals surface area contributed by atoms with E-state index in [0.717, 1.165) is 0 Å².